The predicted octanol–water partition coefficient (Wildman–Crippen LogP) is 9.99. The molecule has 0 aliphatic carbocycles. The third kappa shape index (κ3) is 9.71. The SMILES string of the molecule is CCCCCCCCCCCCCCCCc1cccc2c1C(=O)C(OC(=O)C(C)(C)C)C(c1ccccc1)=N2. The third-order valence-electron chi connectivity index (χ3n) is 7.81. The molecule has 4 heteroatoms. The van der Waals surface area contributed by atoms with Gasteiger partial charge in [0.15, 0.2) is 0 Å². The van der Waals surface area contributed by atoms with Gasteiger partial charge in [-0.25, -0.2) is 4.99 Å². The zero-order valence-corrected chi connectivity index (χ0v) is 25.5. The van der Waals surface area contributed by atoms with Crippen molar-refractivity contribution >= 4 is 23.2 Å². The molecule has 0 bridgehead atoms. The lowest BCUT2D eigenvalue weighted by molar-refractivity contribution is -0.153. The number of ether oxygens (including phenoxy) is 1. The number of esters is 1. The summed E-state index contributed by atoms with van der Waals surface area (Å²) >= 11 is 0. The first-order valence-corrected chi connectivity index (χ1v) is 15.8. The summed E-state index contributed by atoms with van der Waals surface area (Å²) in [4.78, 5) is 31.6. The van der Waals surface area contributed by atoms with Gasteiger partial charge in [0.05, 0.1) is 22.4 Å². The van der Waals surface area contributed by atoms with Gasteiger partial charge in [-0.05, 0) is 45.2 Å². The van der Waals surface area contributed by atoms with Gasteiger partial charge in [0.1, 0.15) is 0 Å². The summed E-state index contributed by atoms with van der Waals surface area (Å²) in [7, 11) is 0. The van der Waals surface area contributed by atoms with Gasteiger partial charge in [0.25, 0.3) is 0 Å². The Hall–Kier alpha value is -2.75. The largest absolute Gasteiger partial charge is 0.447 e. The highest BCUT2D eigenvalue weighted by Crippen LogP contribution is 2.33. The second kappa shape index (κ2) is 16.5. The average molecular weight is 546 g/mol. The number of benzene rings is 2. The molecule has 2 aromatic carbocycles. The van der Waals surface area contributed by atoms with Crippen molar-refractivity contribution in [3.05, 3.63) is 65.2 Å². The van der Waals surface area contributed by atoms with Crippen LogP contribution in [0.15, 0.2) is 53.5 Å². The van der Waals surface area contributed by atoms with Gasteiger partial charge in [-0.15, -0.1) is 0 Å². The highest BCUT2D eigenvalue weighted by Gasteiger charge is 2.38. The van der Waals surface area contributed by atoms with Gasteiger partial charge >= 0.3 is 5.97 Å². The summed E-state index contributed by atoms with van der Waals surface area (Å²) in [6.45, 7) is 7.68. The second-order valence-corrected chi connectivity index (χ2v) is 12.4. The van der Waals surface area contributed by atoms with Crippen molar-refractivity contribution in [2.45, 2.75) is 130 Å². The molecule has 1 aliphatic rings. The highest BCUT2D eigenvalue weighted by molar-refractivity contribution is 6.26. The maximum absolute atomic E-state index is 13.9. The summed E-state index contributed by atoms with van der Waals surface area (Å²) in [5, 5.41) is 0. The van der Waals surface area contributed by atoms with Crippen molar-refractivity contribution in [3.8, 4) is 0 Å². The summed E-state index contributed by atoms with van der Waals surface area (Å²) in [5.74, 6) is -0.565. The molecule has 2 aromatic rings. The van der Waals surface area contributed by atoms with Gasteiger partial charge in [-0.3, -0.25) is 9.59 Å². The minimum absolute atomic E-state index is 0.164. The molecule has 3 rings (SSSR count). The molecule has 0 amide bonds. The van der Waals surface area contributed by atoms with E-state index in [1.54, 1.807) is 20.8 Å². The van der Waals surface area contributed by atoms with E-state index in [2.05, 4.69) is 6.92 Å². The van der Waals surface area contributed by atoms with Crippen LogP contribution in [0.3, 0.4) is 0 Å². The van der Waals surface area contributed by atoms with Crippen molar-refractivity contribution < 1.29 is 14.3 Å². The molecule has 1 unspecified atom stereocenters. The summed E-state index contributed by atoms with van der Waals surface area (Å²) in [6, 6.07) is 15.5. The molecule has 0 N–H and O–H groups in total. The quantitative estimate of drug-likeness (QED) is 0.147. The number of unbranched alkanes of at least 4 members (excludes halogenated alkanes) is 13. The number of aryl methyl sites for hydroxylation is 1. The van der Waals surface area contributed by atoms with Crippen LogP contribution in [0.4, 0.5) is 5.69 Å². The normalized spacial score (nSPS) is 15.1. The Morgan fingerprint density at radius 1 is 0.750 bits per heavy atom. The zero-order chi connectivity index (χ0) is 28.8. The predicted molar refractivity (Wildman–Crippen MR) is 167 cm³/mol. The highest BCUT2D eigenvalue weighted by atomic mass is 16.5. The van der Waals surface area contributed by atoms with Gasteiger partial charge in [0.2, 0.25) is 11.9 Å². The number of Topliss-reactive ketones (excluding diaryl/α,β-unsaturated/α-hetero) is 1. The number of nitrogens with zero attached hydrogens (tertiary/aromatic N) is 1. The van der Waals surface area contributed by atoms with Crippen LogP contribution >= 0.6 is 0 Å². The van der Waals surface area contributed by atoms with Gasteiger partial charge in [-0.2, -0.15) is 0 Å². The first-order chi connectivity index (χ1) is 19.3. The number of hydrogen-bond acceptors (Lipinski definition) is 4. The van der Waals surface area contributed by atoms with E-state index < -0.39 is 17.5 Å². The smallest absolute Gasteiger partial charge is 0.312 e. The molecule has 40 heavy (non-hydrogen) atoms. The van der Waals surface area contributed by atoms with Crippen LogP contribution in [0, 0.1) is 5.41 Å². The molecule has 1 aliphatic heterocycles. The number of carbonyl (C=O) groups excluding carboxylic acids is 2. The first-order valence-electron chi connectivity index (χ1n) is 15.8. The minimum atomic E-state index is -1.03. The Labute approximate surface area is 243 Å². The van der Waals surface area contributed by atoms with Crippen LogP contribution in [0.5, 0.6) is 0 Å². The van der Waals surface area contributed by atoms with E-state index in [9.17, 15) is 9.59 Å². The van der Waals surface area contributed by atoms with Crippen molar-refractivity contribution in [2.24, 2.45) is 10.4 Å². The topological polar surface area (TPSA) is 55.7 Å². The van der Waals surface area contributed by atoms with Crippen LogP contribution in [0.2, 0.25) is 0 Å². The molecule has 0 saturated carbocycles. The number of aliphatic imine (C=N–C) groups is 1. The molecule has 0 fully saturated rings. The minimum Gasteiger partial charge on any atom is -0.447 e. The van der Waals surface area contributed by atoms with E-state index in [1.807, 2.05) is 48.5 Å². The average Bonchev–Trinajstić information content (AvgIpc) is 2.94. The van der Waals surface area contributed by atoms with E-state index in [-0.39, 0.29) is 5.78 Å². The summed E-state index contributed by atoms with van der Waals surface area (Å²) in [6.07, 6.45) is 18.3. The molecule has 0 spiro atoms. The first kappa shape index (κ1) is 31.8. The molecular formula is C36H51NO3. The summed E-state index contributed by atoms with van der Waals surface area (Å²) < 4.78 is 5.85. The molecule has 218 valence electrons. The Bertz CT molecular complexity index is 1100. The van der Waals surface area contributed by atoms with Crippen molar-refractivity contribution in [3.63, 3.8) is 0 Å². The van der Waals surface area contributed by atoms with Crippen LogP contribution < -0.4 is 0 Å². The number of ketones is 1. The molecule has 4 nitrogen and oxygen atoms in total. The van der Waals surface area contributed by atoms with Crippen LogP contribution in [-0.4, -0.2) is 23.6 Å². The summed E-state index contributed by atoms with van der Waals surface area (Å²) in [5.41, 5.74) is 2.89. The van der Waals surface area contributed by atoms with Crippen molar-refractivity contribution in [1.82, 2.24) is 0 Å². The van der Waals surface area contributed by atoms with Crippen LogP contribution in [-0.2, 0) is 16.0 Å². The lowest BCUT2D eigenvalue weighted by Crippen LogP contribution is -2.41. The van der Waals surface area contributed by atoms with E-state index in [1.165, 1.54) is 77.0 Å². The van der Waals surface area contributed by atoms with Crippen LogP contribution in [0.25, 0.3) is 0 Å². The fourth-order valence-corrected chi connectivity index (χ4v) is 5.34. The van der Waals surface area contributed by atoms with E-state index in [0.717, 1.165) is 30.4 Å². The lowest BCUT2D eigenvalue weighted by Gasteiger charge is -2.28. The Balaban J connectivity index is 1.52. The zero-order valence-electron chi connectivity index (χ0n) is 25.5. The number of rotatable bonds is 17. The van der Waals surface area contributed by atoms with Gasteiger partial charge < -0.3 is 4.74 Å². The monoisotopic (exact) mass is 545 g/mol. The van der Waals surface area contributed by atoms with E-state index in [4.69, 9.17) is 9.73 Å². The fourth-order valence-electron chi connectivity index (χ4n) is 5.34. The molecule has 1 heterocycles. The molecular weight excluding hydrogens is 494 g/mol. The van der Waals surface area contributed by atoms with Gasteiger partial charge in [-0.1, -0.05) is 133 Å². The second-order valence-electron chi connectivity index (χ2n) is 12.4. The van der Waals surface area contributed by atoms with Crippen molar-refractivity contribution in [2.75, 3.05) is 0 Å². The van der Waals surface area contributed by atoms with Crippen LogP contribution in [0.1, 0.15) is 139 Å². The molecule has 1 atom stereocenters. The lowest BCUT2D eigenvalue weighted by atomic mass is 9.88. The van der Waals surface area contributed by atoms with E-state index in [0.29, 0.717) is 17.0 Å². The Morgan fingerprint density at radius 2 is 1.30 bits per heavy atom. The Morgan fingerprint density at radius 3 is 1.85 bits per heavy atom. The van der Waals surface area contributed by atoms with Crippen molar-refractivity contribution in [1.29, 1.82) is 0 Å². The number of carbonyl (C=O) groups is 2. The maximum Gasteiger partial charge on any atom is 0.312 e. The maximum atomic E-state index is 13.9. The standard InChI is InChI=1S/C36H51NO3/c1-5-6-7-8-9-10-11-12-13-14-15-16-17-19-23-28-26-22-27-30-31(28)33(38)34(40-35(39)36(2,3)4)32(37-30)29-24-20-18-21-25-29/h18,20-22,24-27,34H,5-17,19,23H2,1-4H3. The molecule has 0 aromatic heterocycles. The Kier molecular flexibility index (Phi) is 13.1. The molecule has 0 radical (unpaired) electrons. The van der Waals surface area contributed by atoms with Gasteiger partial charge in [0, 0.05) is 5.56 Å². The van der Waals surface area contributed by atoms with E-state index >= 15 is 0 Å². The number of hydrogen-bond donors (Lipinski definition) is 0. The molecule has 0 saturated heterocycles. The third-order valence-corrected chi connectivity index (χ3v) is 7.81. The fraction of sp³-hybridized carbons (Fsp3) is 0.583. The number of fused-ring (bicyclic) bond motifs is 1.